The van der Waals surface area contributed by atoms with Crippen molar-refractivity contribution in [1.82, 2.24) is 0 Å². The lowest BCUT2D eigenvalue weighted by atomic mass is 10.1. The van der Waals surface area contributed by atoms with Gasteiger partial charge in [0.05, 0.1) is 4.83 Å². The zero-order valence-corrected chi connectivity index (χ0v) is 11.2. The minimum atomic E-state index is -4.34. The van der Waals surface area contributed by atoms with Crippen molar-refractivity contribution in [2.75, 3.05) is 6.61 Å². The molecule has 0 saturated heterocycles. The first-order valence-electron chi connectivity index (χ1n) is 5.21. The van der Waals surface area contributed by atoms with E-state index < -0.39 is 12.8 Å². The summed E-state index contributed by atoms with van der Waals surface area (Å²) in [7, 11) is 0. The maximum Gasteiger partial charge on any atom is 0.422 e. The zero-order valence-electron chi connectivity index (χ0n) is 9.63. The third-order valence-corrected chi connectivity index (χ3v) is 3.15. The molecule has 0 spiro atoms. The lowest BCUT2D eigenvalue weighted by molar-refractivity contribution is -0.153. The van der Waals surface area contributed by atoms with Crippen molar-refractivity contribution in [3.63, 3.8) is 0 Å². The van der Waals surface area contributed by atoms with Gasteiger partial charge in [-0.05, 0) is 31.0 Å². The largest absolute Gasteiger partial charge is 0.484 e. The number of ketones is 1. The van der Waals surface area contributed by atoms with E-state index in [1.807, 2.05) is 0 Å². The number of carbonyl (C=O) groups is 1. The van der Waals surface area contributed by atoms with E-state index >= 15 is 0 Å². The average Bonchev–Trinajstić information content (AvgIpc) is 2.27. The number of hydrogen-bond acceptors (Lipinski definition) is 2. The van der Waals surface area contributed by atoms with Gasteiger partial charge in [-0.3, -0.25) is 4.79 Å². The molecule has 0 fully saturated rings. The molecule has 0 aromatic heterocycles. The standard InChI is InChI=1S/C12H12BrF3O2/c1-8(17)11(13)6-9-2-4-10(5-3-9)18-7-12(14,15)16/h2-5,11H,6-7H2,1H3. The lowest BCUT2D eigenvalue weighted by Gasteiger charge is -2.10. The summed E-state index contributed by atoms with van der Waals surface area (Å²) >= 11 is 3.22. The highest BCUT2D eigenvalue weighted by Crippen LogP contribution is 2.20. The number of Topliss-reactive ketones (excluding diaryl/α,β-unsaturated/α-hetero) is 1. The van der Waals surface area contributed by atoms with Crippen molar-refractivity contribution in [3.05, 3.63) is 29.8 Å². The highest BCUT2D eigenvalue weighted by molar-refractivity contribution is 9.10. The molecule has 100 valence electrons. The fraction of sp³-hybridized carbons (Fsp3) is 0.417. The monoisotopic (exact) mass is 324 g/mol. The minimum absolute atomic E-state index is 0.00685. The molecule has 0 aliphatic carbocycles. The molecule has 0 radical (unpaired) electrons. The van der Waals surface area contributed by atoms with Crippen LogP contribution in [0.15, 0.2) is 24.3 Å². The number of ether oxygens (including phenoxy) is 1. The smallest absolute Gasteiger partial charge is 0.422 e. The van der Waals surface area contributed by atoms with Crippen LogP contribution in [-0.4, -0.2) is 23.4 Å². The van der Waals surface area contributed by atoms with Crippen molar-refractivity contribution in [2.24, 2.45) is 0 Å². The Labute approximate surface area is 111 Å². The van der Waals surface area contributed by atoms with Crippen LogP contribution in [0.2, 0.25) is 0 Å². The predicted octanol–water partition coefficient (Wildman–Crippen LogP) is 3.52. The molecular formula is C12H12BrF3O2. The van der Waals surface area contributed by atoms with E-state index in [0.29, 0.717) is 6.42 Å². The molecule has 1 aromatic carbocycles. The van der Waals surface area contributed by atoms with Crippen LogP contribution < -0.4 is 4.74 Å². The number of rotatable bonds is 5. The third kappa shape index (κ3) is 5.53. The summed E-state index contributed by atoms with van der Waals surface area (Å²) in [6.45, 7) is 0.168. The first-order valence-corrected chi connectivity index (χ1v) is 6.12. The molecule has 0 aliphatic rings. The van der Waals surface area contributed by atoms with E-state index in [1.54, 1.807) is 12.1 Å². The van der Waals surface area contributed by atoms with E-state index in [2.05, 4.69) is 20.7 Å². The van der Waals surface area contributed by atoms with Gasteiger partial charge in [0.15, 0.2) is 6.61 Å². The first-order chi connectivity index (χ1) is 8.28. The molecule has 1 atom stereocenters. The van der Waals surface area contributed by atoms with Gasteiger partial charge in [0.25, 0.3) is 0 Å². The minimum Gasteiger partial charge on any atom is -0.484 e. The van der Waals surface area contributed by atoms with Crippen LogP contribution in [0.3, 0.4) is 0 Å². The van der Waals surface area contributed by atoms with Gasteiger partial charge in [-0.1, -0.05) is 28.1 Å². The second kappa shape index (κ2) is 6.22. The molecule has 0 aliphatic heterocycles. The summed E-state index contributed by atoms with van der Waals surface area (Å²) in [4.78, 5) is 10.8. The molecule has 18 heavy (non-hydrogen) atoms. The molecule has 1 aromatic rings. The fourth-order valence-corrected chi connectivity index (χ4v) is 1.61. The van der Waals surface area contributed by atoms with Gasteiger partial charge in [-0.15, -0.1) is 0 Å². The van der Waals surface area contributed by atoms with E-state index in [9.17, 15) is 18.0 Å². The van der Waals surface area contributed by atoms with Gasteiger partial charge in [0, 0.05) is 0 Å². The molecule has 0 N–H and O–H groups in total. The number of benzene rings is 1. The maximum absolute atomic E-state index is 11.9. The van der Waals surface area contributed by atoms with Crippen LogP contribution in [0.4, 0.5) is 13.2 Å². The Morgan fingerprint density at radius 3 is 2.33 bits per heavy atom. The van der Waals surface area contributed by atoms with Gasteiger partial charge in [0.1, 0.15) is 11.5 Å². The van der Waals surface area contributed by atoms with Gasteiger partial charge >= 0.3 is 6.18 Å². The summed E-state index contributed by atoms with van der Waals surface area (Å²) in [6.07, 6.45) is -3.84. The summed E-state index contributed by atoms with van der Waals surface area (Å²) in [5.74, 6) is 0.164. The van der Waals surface area contributed by atoms with Gasteiger partial charge in [0.2, 0.25) is 0 Å². The van der Waals surface area contributed by atoms with Gasteiger partial charge < -0.3 is 4.74 Å². The number of halogens is 4. The van der Waals surface area contributed by atoms with Crippen LogP contribution >= 0.6 is 15.9 Å². The highest BCUT2D eigenvalue weighted by atomic mass is 79.9. The Bertz CT molecular complexity index is 401. The molecule has 0 saturated carbocycles. The van der Waals surface area contributed by atoms with Crippen LogP contribution in [0.25, 0.3) is 0 Å². The summed E-state index contributed by atoms with van der Waals surface area (Å²) in [5.41, 5.74) is 0.853. The average molecular weight is 325 g/mol. The number of alkyl halides is 4. The van der Waals surface area contributed by atoms with Crippen LogP contribution in [0, 0.1) is 0 Å². The fourth-order valence-electron chi connectivity index (χ4n) is 1.24. The predicted molar refractivity (Wildman–Crippen MR) is 65.1 cm³/mol. The Morgan fingerprint density at radius 2 is 1.89 bits per heavy atom. The molecular weight excluding hydrogens is 313 g/mol. The molecule has 0 heterocycles. The van der Waals surface area contributed by atoms with Crippen LogP contribution in [0.1, 0.15) is 12.5 Å². The van der Waals surface area contributed by atoms with E-state index in [1.165, 1.54) is 19.1 Å². The second-order valence-corrected chi connectivity index (χ2v) is 4.94. The van der Waals surface area contributed by atoms with E-state index in [0.717, 1.165) is 5.56 Å². The first kappa shape index (κ1) is 15.0. The Morgan fingerprint density at radius 1 is 1.33 bits per heavy atom. The molecule has 0 amide bonds. The van der Waals surface area contributed by atoms with Crippen molar-refractivity contribution >= 4 is 21.7 Å². The summed E-state index contributed by atoms with van der Waals surface area (Å²) < 4.78 is 40.3. The van der Waals surface area contributed by atoms with Crippen molar-refractivity contribution in [1.29, 1.82) is 0 Å². The molecule has 1 unspecified atom stereocenters. The lowest BCUT2D eigenvalue weighted by Crippen LogP contribution is -2.19. The molecule has 2 nitrogen and oxygen atoms in total. The van der Waals surface area contributed by atoms with Crippen molar-refractivity contribution < 1.29 is 22.7 Å². The van der Waals surface area contributed by atoms with E-state index in [4.69, 9.17) is 0 Å². The van der Waals surface area contributed by atoms with Gasteiger partial charge in [-0.25, -0.2) is 0 Å². The van der Waals surface area contributed by atoms with Crippen molar-refractivity contribution in [3.8, 4) is 5.75 Å². The quantitative estimate of drug-likeness (QED) is 0.774. The van der Waals surface area contributed by atoms with Gasteiger partial charge in [-0.2, -0.15) is 13.2 Å². The SMILES string of the molecule is CC(=O)C(Br)Cc1ccc(OCC(F)(F)F)cc1. The maximum atomic E-state index is 11.9. The third-order valence-electron chi connectivity index (χ3n) is 2.18. The van der Waals surface area contributed by atoms with Crippen LogP contribution in [0.5, 0.6) is 5.75 Å². The van der Waals surface area contributed by atoms with Crippen LogP contribution in [-0.2, 0) is 11.2 Å². The van der Waals surface area contributed by atoms with E-state index in [-0.39, 0.29) is 16.4 Å². The number of carbonyl (C=O) groups excluding carboxylic acids is 1. The topological polar surface area (TPSA) is 26.3 Å². The molecule has 6 heteroatoms. The Hall–Kier alpha value is -1.04. The number of hydrogen-bond donors (Lipinski definition) is 0. The molecule has 0 bridgehead atoms. The molecule has 1 rings (SSSR count). The Kier molecular flexibility index (Phi) is 5.19. The zero-order chi connectivity index (χ0) is 13.8. The van der Waals surface area contributed by atoms with Crippen molar-refractivity contribution in [2.45, 2.75) is 24.3 Å². The highest BCUT2D eigenvalue weighted by Gasteiger charge is 2.28. The normalized spacial score (nSPS) is 13.2. The Balaban J connectivity index is 2.55. The summed E-state index contributed by atoms with van der Waals surface area (Å²) in [5, 5.41) is 0. The second-order valence-electron chi connectivity index (χ2n) is 3.83. The summed E-state index contributed by atoms with van der Waals surface area (Å²) in [6, 6.07) is 6.20.